The summed E-state index contributed by atoms with van der Waals surface area (Å²) in [6.07, 6.45) is 0.759. The number of benzene rings is 2. The van der Waals surface area contributed by atoms with Crippen molar-refractivity contribution in [2.75, 3.05) is 11.9 Å². The predicted molar refractivity (Wildman–Crippen MR) is 107 cm³/mol. The van der Waals surface area contributed by atoms with Gasteiger partial charge in [-0.25, -0.2) is 14.4 Å². The zero-order valence-corrected chi connectivity index (χ0v) is 16.9. The molecule has 0 fully saturated rings. The number of aryl methyl sites for hydroxylation is 2. The lowest BCUT2D eigenvalue weighted by Gasteiger charge is -2.12. The highest BCUT2D eigenvalue weighted by molar-refractivity contribution is 9.10. The summed E-state index contributed by atoms with van der Waals surface area (Å²) >= 11 is 3.19. The maximum absolute atomic E-state index is 14.1. The number of aromatic nitrogens is 2. The molecule has 0 aliphatic carbocycles. The van der Waals surface area contributed by atoms with E-state index in [0.717, 1.165) is 17.5 Å². The van der Waals surface area contributed by atoms with Crippen molar-refractivity contribution < 1.29 is 13.9 Å². The van der Waals surface area contributed by atoms with Crippen LogP contribution in [0.4, 0.5) is 10.1 Å². The lowest BCUT2D eigenvalue weighted by Crippen LogP contribution is -2.17. The molecule has 0 radical (unpaired) electrons. The number of hydrogen-bond donors (Lipinski definition) is 1. The molecule has 1 aromatic heterocycles. The van der Waals surface area contributed by atoms with Crippen molar-refractivity contribution in [3.8, 4) is 5.88 Å². The van der Waals surface area contributed by atoms with Crippen molar-refractivity contribution in [1.29, 1.82) is 0 Å². The molecule has 0 aliphatic rings. The minimum Gasteiger partial charge on any atom is -0.476 e. The molecule has 3 rings (SSSR count). The predicted octanol–water partition coefficient (Wildman–Crippen LogP) is 5.19. The van der Waals surface area contributed by atoms with E-state index in [-0.39, 0.29) is 17.3 Å². The Hall–Kier alpha value is -2.54. The van der Waals surface area contributed by atoms with Crippen LogP contribution in [0.25, 0.3) is 11.0 Å². The van der Waals surface area contributed by atoms with E-state index in [1.807, 2.05) is 32.9 Å². The maximum atomic E-state index is 14.1. The zero-order chi connectivity index (χ0) is 19.6. The van der Waals surface area contributed by atoms with Crippen molar-refractivity contribution >= 4 is 38.6 Å². The van der Waals surface area contributed by atoms with Crippen molar-refractivity contribution in [3.63, 3.8) is 0 Å². The molecule has 1 heterocycles. The van der Waals surface area contributed by atoms with Gasteiger partial charge in [0.1, 0.15) is 5.82 Å². The first-order chi connectivity index (χ1) is 12.9. The maximum Gasteiger partial charge on any atom is 0.280 e. The number of ether oxygens (including phenoxy) is 1. The van der Waals surface area contributed by atoms with E-state index in [4.69, 9.17) is 4.74 Å². The molecule has 7 heteroatoms. The summed E-state index contributed by atoms with van der Waals surface area (Å²) in [5.41, 5.74) is 3.45. The molecule has 3 aromatic rings. The van der Waals surface area contributed by atoms with Crippen LogP contribution < -0.4 is 10.1 Å². The first kappa shape index (κ1) is 19.2. The third kappa shape index (κ3) is 4.24. The van der Waals surface area contributed by atoms with E-state index in [0.29, 0.717) is 22.1 Å². The number of nitrogens with zero attached hydrogens (tertiary/aromatic N) is 2. The van der Waals surface area contributed by atoms with Gasteiger partial charge in [-0.3, -0.25) is 4.79 Å². The van der Waals surface area contributed by atoms with Crippen LogP contribution in [0.5, 0.6) is 5.88 Å². The van der Waals surface area contributed by atoms with Crippen molar-refractivity contribution in [3.05, 3.63) is 57.4 Å². The molecule has 0 atom stereocenters. The van der Waals surface area contributed by atoms with E-state index in [2.05, 4.69) is 31.2 Å². The lowest BCUT2D eigenvalue weighted by atomic mass is 10.1. The Balaban J connectivity index is 2.03. The molecule has 0 unspecified atom stereocenters. The van der Waals surface area contributed by atoms with Gasteiger partial charge in [-0.15, -0.1) is 0 Å². The average molecular weight is 432 g/mol. The number of rotatable bonds is 5. The van der Waals surface area contributed by atoms with Crippen LogP contribution in [0, 0.1) is 19.7 Å². The summed E-state index contributed by atoms with van der Waals surface area (Å²) in [5, 5.41) is 2.54. The number of nitrogens with one attached hydrogen (secondary N) is 1. The monoisotopic (exact) mass is 431 g/mol. The van der Waals surface area contributed by atoms with Gasteiger partial charge in [0.05, 0.1) is 23.3 Å². The molecule has 0 bridgehead atoms. The standard InChI is InChI=1S/C20H19BrFN3O2/c1-4-7-27-20-18(19(26)24-15-6-5-13(21)10-14(15)22)23-16-8-11(2)12(3)9-17(16)25-20/h5-6,8-10H,4,7H2,1-3H3,(H,24,26). The van der Waals surface area contributed by atoms with Crippen molar-refractivity contribution in [2.45, 2.75) is 27.2 Å². The second-order valence-corrected chi connectivity index (χ2v) is 7.14. The number of carbonyl (C=O) groups is 1. The van der Waals surface area contributed by atoms with Gasteiger partial charge in [0.15, 0.2) is 5.69 Å². The molecule has 0 saturated heterocycles. The number of amides is 1. The number of hydrogen-bond acceptors (Lipinski definition) is 4. The third-order valence-electron chi connectivity index (χ3n) is 4.09. The molecular weight excluding hydrogens is 413 g/mol. The fourth-order valence-electron chi connectivity index (χ4n) is 2.52. The molecule has 0 saturated carbocycles. The van der Waals surface area contributed by atoms with Crippen LogP contribution in [-0.2, 0) is 0 Å². The smallest absolute Gasteiger partial charge is 0.280 e. The number of carbonyl (C=O) groups excluding carboxylic acids is 1. The van der Waals surface area contributed by atoms with Gasteiger partial charge in [0.2, 0.25) is 5.88 Å². The summed E-state index contributed by atoms with van der Waals surface area (Å²) in [6, 6.07) is 8.18. The molecule has 0 aliphatic heterocycles. The normalized spacial score (nSPS) is 10.9. The second kappa shape index (κ2) is 8.00. The van der Waals surface area contributed by atoms with Gasteiger partial charge in [0.25, 0.3) is 5.91 Å². The largest absolute Gasteiger partial charge is 0.476 e. The first-order valence-electron chi connectivity index (χ1n) is 8.57. The molecule has 1 N–H and O–H groups in total. The van der Waals surface area contributed by atoms with Crippen molar-refractivity contribution in [2.24, 2.45) is 0 Å². The fraction of sp³-hybridized carbons (Fsp3) is 0.250. The second-order valence-electron chi connectivity index (χ2n) is 6.23. The molecule has 2 aromatic carbocycles. The topological polar surface area (TPSA) is 64.1 Å². The fourth-order valence-corrected chi connectivity index (χ4v) is 2.85. The molecule has 0 spiro atoms. The summed E-state index contributed by atoms with van der Waals surface area (Å²) in [4.78, 5) is 21.7. The molecule has 1 amide bonds. The van der Waals surface area contributed by atoms with Crippen LogP contribution in [0.2, 0.25) is 0 Å². The van der Waals surface area contributed by atoms with Gasteiger partial charge in [-0.1, -0.05) is 22.9 Å². The highest BCUT2D eigenvalue weighted by Gasteiger charge is 2.20. The van der Waals surface area contributed by atoms with Crippen LogP contribution >= 0.6 is 15.9 Å². The summed E-state index contributed by atoms with van der Waals surface area (Å²) in [7, 11) is 0. The Morgan fingerprint density at radius 1 is 1.15 bits per heavy atom. The Kier molecular flexibility index (Phi) is 5.70. The highest BCUT2D eigenvalue weighted by Crippen LogP contribution is 2.24. The minimum absolute atomic E-state index is 0.0292. The van der Waals surface area contributed by atoms with Crippen molar-refractivity contribution in [1.82, 2.24) is 9.97 Å². The summed E-state index contributed by atoms with van der Waals surface area (Å²) in [5.74, 6) is -0.980. The Morgan fingerprint density at radius 2 is 1.81 bits per heavy atom. The summed E-state index contributed by atoms with van der Waals surface area (Å²) in [6.45, 7) is 6.31. The molecule has 27 heavy (non-hydrogen) atoms. The van der Waals surface area contributed by atoms with Crippen LogP contribution in [0.3, 0.4) is 0 Å². The summed E-state index contributed by atoms with van der Waals surface area (Å²) < 4.78 is 20.3. The average Bonchev–Trinajstić information content (AvgIpc) is 2.62. The molecule has 140 valence electrons. The SMILES string of the molecule is CCCOc1nc2cc(C)c(C)cc2nc1C(=O)Nc1ccc(Br)cc1F. The number of anilines is 1. The van der Waals surface area contributed by atoms with Gasteiger partial charge < -0.3 is 10.1 Å². The number of halogens is 2. The van der Waals surface area contributed by atoms with Crippen LogP contribution in [-0.4, -0.2) is 22.5 Å². The molecular formula is C20H19BrFN3O2. The quantitative estimate of drug-likeness (QED) is 0.603. The Labute approximate surface area is 165 Å². The van der Waals surface area contributed by atoms with E-state index in [1.165, 1.54) is 12.1 Å². The van der Waals surface area contributed by atoms with Gasteiger partial charge in [0, 0.05) is 4.47 Å². The molecule has 5 nitrogen and oxygen atoms in total. The van der Waals surface area contributed by atoms with Gasteiger partial charge in [-0.2, -0.15) is 0 Å². The first-order valence-corrected chi connectivity index (χ1v) is 9.36. The van der Waals surface area contributed by atoms with E-state index >= 15 is 0 Å². The third-order valence-corrected chi connectivity index (χ3v) is 4.58. The highest BCUT2D eigenvalue weighted by atomic mass is 79.9. The Morgan fingerprint density at radius 3 is 2.44 bits per heavy atom. The Bertz CT molecular complexity index is 1020. The van der Waals surface area contributed by atoms with E-state index in [1.54, 1.807) is 6.07 Å². The minimum atomic E-state index is -0.574. The van der Waals surface area contributed by atoms with Gasteiger partial charge in [-0.05, 0) is 61.7 Å². The lowest BCUT2D eigenvalue weighted by molar-refractivity contribution is 0.101. The van der Waals surface area contributed by atoms with Crippen LogP contribution in [0.15, 0.2) is 34.8 Å². The van der Waals surface area contributed by atoms with E-state index in [9.17, 15) is 9.18 Å². The van der Waals surface area contributed by atoms with Crippen LogP contribution in [0.1, 0.15) is 35.0 Å². The number of fused-ring (bicyclic) bond motifs is 1. The van der Waals surface area contributed by atoms with Gasteiger partial charge >= 0.3 is 0 Å². The zero-order valence-electron chi connectivity index (χ0n) is 15.3. The van der Waals surface area contributed by atoms with E-state index < -0.39 is 11.7 Å².